The van der Waals surface area contributed by atoms with E-state index in [1.165, 1.54) is 12.1 Å². The fourth-order valence-electron chi connectivity index (χ4n) is 1.49. The van der Waals surface area contributed by atoms with Gasteiger partial charge in [0.15, 0.2) is 5.82 Å². The van der Waals surface area contributed by atoms with Gasteiger partial charge in [-0.3, -0.25) is 4.79 Å². The van der Waals surface area contributed by atoms with Gasteiger partial charge in [0.2, 0.25) is 0 Å². The summed E-state index contributed by atoms with van der Waals surface area (Å²) >= 11 is 0. The lowest BCUT2D eigenvalue weighted by atomic mass is 10.1. The van der Waals surface area contributed by atoms with Crippen molar-refractivity contribution in [3.8, 4) is 11.3 Å². The van der Waals surface area contributed by atoms with Crippen LogP contribution in [-0.4, -0.2) is 15.9 Å². The highest BCUT2D eigenvalue weighted by Gasteiger charge is 2.12. The molecular formula is C11H10FN3O. The van der Waals surface area contributed by atoms with Gasteiger partial charge in [-0.15, -0.1) is 0 Å². The number of carbonyl (C=O) groups is 1. The number of H-pyrrole nitrogens is 1. The minimum absolute atomic E-state index is 0.0803. The Labute approximate surface area is 91.3 Å². The van der Waals surface area contributed by atoms with Crippen LogP contribution in [0.15, 0.2) is 24.3 Å². The first-order valence-electron chi connectivity index (χ1n) is 4.70. The lowest BCUT2D eigenvalue weighted by Gasteiger charge is -1.97. The molecule has 0 spiro atoms. The van der Waals surface area contributed by atoms with Gasteiger partial charge in [0.05, 0.1) is 5.69 Å². The maximum atomic E-state index is 13.0. The van der Waals surface area contributed by atoms with Crippen LogP contribution < -0.4 is 5.73 Å². The number of aromatic nitrogens is 2. The van der Waals surface area contributed by atoms with E-state index in [1.807, 2.05) is 0 Å². The number of halogens is 1. The maximum Gasteiger partial charge on any atom is 0.284 e. The molecule has 1 aromatic heterocycles. The number of hydrogen-bond acceptors (Lipinski definition) is 2. The Hall–Kier alpha value is -2.17. The number of hydrogen-bond donors (Lipinski definition) is 2. The molecule has 1 amide bonds. The van der Waals surface area contributed by atoms with E-state index in [-0.39, 0.29) is 11.6 Å². The maximum absolute atomic E-state index is 13.0. The van der Waals surface area contributed by atoms with Crippen molar-refractivity contribution in [3.63, 3.8) is 0 Å². The topological polar surface area (TPSA) is 71.8 Å². The van der Waals surface area contributed by atoms with Crippen LogP contribution in [0.1, 0.15) is 16.3 Å². The minimum Gasteiger partial charge on any atom is -0.363 e. The fraction of sp³-hybridized carbons (Fsp3) is 0.0909. The predicted molar refractivity (Wildman–Crippen MR) is 57.2 cm³/mol. The average molecular weight is 219 g/mol. The molecule has 16 heavy (non-hydrogen) atoms. The van der Waals surface area contributed by atoms with Crippen molar-refractivity contribution < 1.29 is 9.18 Å². The smallest absolute Gasteiger partial charge is 0.284 e. The van der Waals surface area contributed by atoms with Gasteiger partial charge in [-0.1, -0.05) is 12.1 Å². The van der Waals surface area contributed by atoms with Crippen LogP contribution in [-0.2, 0) is 0 Å². The molecule has 0 bridgehead atoms. The standard InChI is InChI=1S/C11H10FN3O/c1-6-9(15-11(14-6)10(13)16)7-3-2-4-8(12)5-7/h2-5H,1H3,(H2,13,16)(H,14,15). The number of imidazole rings is 1. The number of nitrogens with zero attached hydrogens (tertiary/aromatic N) is 1. The molecule has 2 aromatic rings. The van der Waals surface area contributed by atoms with E-state index in [9.17, 15) is 9.18 Å². The second-order valence-corrected chi connectivity index (χ2v) is 3.43. The summed E-state index contributed by atoms with van der Waals surface area (Å²) in [6.07, 6.45) is 0. The van der Waals surface area contributed by atoms with Crippen LogP contribution in [0.2, 0.25) is 0 Å². The van der Waals surface area contributed by atoms with Crippen LogP contribution in [0.4, 0.5) is 4.39 Å². The van der Waals surface area contributed by atoms with Gasteiger partial charge in [-0.2, -0.15) is 0 Å². The number of aryl methyl sites for hydroxylation is 1. The molecule has 4 nitrogen and oxygen atoms in total. The third kappa shape index (κ3) is 1.79. The first kappa shape index (κ1) is 10.4. The number of rotatable bonds is 2. The van der Waals surface area contributed by atoms with Gasteiger partial charge in [0.25, 0.3) is 5.91 Å². The highest BCUT2D eigenvalue weighted by atomic mass is 19.1. The average Bonchev–Trinajstić information content (AvgIpc) is 2.60. The van der Waals surface area contributed by atoms with Gasteiger partial charge in [0.1, 0.15) is 5.82 Å². The van der Waals surface area contributed by atoms with Gasteiger partial charge in [-0.05, 0) is 19.1 Å². The Balaban J connectivity index is 2.52. The summed E-state index contributed by atoms with van der Waals surface area (Å²) in [6, 6.07) is 6.01. The molecule has 1 heterocycles. The normalized spacial score (nSPS) is 10.4. The van der Waals surface area contributed by atoms with E-state index in [2.05, 4.69) is 9.97 Å². The number of nitrogens with one attached hydrogen (secondary N) is 1. The van der Waals surface area contributed by atoms with Crippen molar-refractivity contribution >= 4 is 5.91 Å². The van der Waals surface area contributed by atoms with Gasteiger partial charge in [-0.25, -0.2) is 9.37 Å². The molecule has 5 heteroatoms. The molecule has 0 saturated carbocycles. The summed E-state index contributed by atoms with van der Waals surface area (Å²) in [5, 5.41) is 0. The lowest BCUT2D eigenvalue weighted by Crippen LogP contribution is -2.12. The van der Waals surface area contributed by atoms with Crippen molar-refractivity contribution in [2.24, 2.45) is 5.73 Å². The molecular weight excluding hydrogens is 209 g/mol. The first-order valence-corrected chi connectivity index (χ1v) is 4.70. The number of amides is 1. The van der Waals surface area contributed by atoms with Crippen molar-refractivity contribution in [2.45, 2.75) is 6.92 Å². The Morgan fingerprint density at radius 1 is 1.50 bits per heavy atom. The highest BCUT2D eigenvalue weighted by molar-refractivity contribution is 5.90. The second kappa shape index (κ2) is 3.77. The molecule has 0 aliphatic heterocycles. The Kier molecular flexibility index (Phi) is 2.44. The van der Waals surface area contributed by atoms with E-state index >= 15 is 0 Å². The molecule has 0 radical (unpaired) electrons. The lowest BCUT2D eigenvalue weighted by molar-refractivity contribution is 0.0991. The summed E-state index contributed by atoms with van der Waals surface area (Å²) in [7, 11) is 0. The largest absolute Gasteiger partial charge is 0.363 e. The van der Waals surface area contributed by atoms with Crippen LogP contribution in [0, 0.1) is 12.7 Å². The number of benzene rings is 1. The number of primary amides is 1. The molecule has 0 saturated heterocycles. The molecule has 0 unspecified atom stereocenters. The van der Waals surface area contributed by atoms with Crippen LogP contribution in [0.25, 0.3) is 11.3 Å². The van der Waals surface area contributed by atoms with Crippen molar-refractivity contribution in [2.75, 3.05) is 0 Å². The van der Waals surface area contributed by atoms with E-state index in [0.29, 0.717) is 17.0 Å². The van der Waals surface area contributed by atoms with Crippen molar-refractivity contribution in [3.05, 3.63) is 41.6 Å². The molecule has 0 aliphatic carbocycles. The quantitative estimate of drug-likeness (QED) is 0.805. The molecule has 3 N–H and O–H groups in total. The van der Waals surface area contributed by atoms with E-state index in [0.717, 1.165) is 0 Å². The zero-order valence-electron chi connectivity index (χ0n) is 8.62. The second-order valence-electron chi connectivity index (χ2n) is 3.43. The Bertz CT molecular complexity index is 548. The Morgan fingerprint density at radius 2 is 2.25 bits per heavy atom. The predicted octanol–water partition coefficient (Wildman–Crippen LogP) is 1.62. The number of carbonyl (C=O) groups excluding carboxylic acids is 1. The van der Waals surface area contributed by atoms with E-state index in [1.54, 1.807) is 19.1 Å². The van der Waals surface area contributed by atoms with E-state index < -0.39 is 5.91 Å². The van der Waals surface area contributed by atoms with Crippen LogP contribution >= 0.6 is 0 Å². The zero-order valence-corrected chi connectivity index (χ0v) is 8.62. The zero-order chi connectivity index (χ0) is 11.7. The third-order valence-electron chi connectivity index (χ3n) is 2.22. The molecule has 2 rings (SSSR count). The van der Waals surface area contributed by atoms with Crippen LogP contribution in [0.3, 0.4) is 0 Å². The van der Waals surface area contributed by atoms with Crippen LogP contribution in [0.5, 0.6) is 0 Å². The molecule has 1 aromatic carbocycles. The summed E-state index contributed by atoms with van der Waals surface area (Å²) in [6.45, 7) is 1.75. The number of aromatic amines is 1. The van der Waals surface area contributed by atoms with Crippen molar-refractivity contribution in [1.29, 1.82) is 0 Å². The summed E-state index contributed by atoms with van der Waals surface area (Å²) in [4.78, 5) is 17.7. The van der Waals surface area contributed by atoms with Gasteiger partial charge >= 0.3 is 0 Å². The molecule has 82 valence electrons. The minimum atomic E-state index is -0.634. The molecule has 0 aliphatic rings. The monoisotopic (exact) mass is 219 g/mol. The fourth-order valence-corrected chi connectivity index (χ4v) is 1.49. The number of nitrogens with two attached hydrogens (primary N) is 1. The highest BCUT2D eigenvalue weighted by Crippen LogP contribution is 2.21. The van der Waals surface area contributed by atoms with Gasteiger partial charge in [0, 0.05) is 11.3 Å². The van der Waals surface area contributed by atoms with Gasteiger partial charge < -0.3 is 10.7 Å². The van der Waals surface area contributed by atoms with Crippen molar-refractivity contribution in [1.82, 2.24) is 9.97 Å². The first-order chi connectivity index (χ1) is 7.58. The summed E-state index contributed by atoms with van der Waals surface area (Å²) in [5.41, 5.74) is 6.92. The SMILES string of the molecule is Cc1[nH]c(C(N)=O)nc1-c1cccc(F)c1. The third-order valence-corrected chi connectivity index (χ3v) is 2.22. The molecule has 0 fully saturated rings. The molecule has 0 atom stereocenters. The Morgan fingerprint density at radius 3 is 2.81 bits per heavy atom. The van der Waals surface area contributed by atoms with E-state index in [4.69, 9.17) is 5.73 Å². The summed E-state index contributed by atoms with van der Waals surface area (Å²) < 4.78 is 13.0. The summed E-state index contributed by atoms with van der Waals surface area (Å²) in [5.74, 6) is -0.900.